The van der Waals surface area contributed by atoms with Crippen LogP contribution in [0.1, 0.15) is 19.4 Å². The number of aliphatic hydroxyl groups excluding tert-OH is 1. The first kappa shape index (κ1) is 21.9. The molecule has 6 heteroatoms. The number of nitrogens with zero attached hydrogens (tertiary/aromatic N) is 4. The Labute approximate surface area is 161 Å². The molecule has 0 saturated carbocycles. The predicted octanol–water partition coefficient (Wildman–Crippen LogP) is 3.38. The van der Waals surface area contributed by atoms with E-state index in [4.69, 9.17) is 5.11 Å². The van der Waals surface area contributed by atoms with Crippen molar-refractivity contribution in [2.24, 2.45) is 10.1 Å². The second-order valence-corrected chi connectivity index (χ2v) is 6.33. The molecule has 0 unspecified atom stereocenters. The molecule has 0 fully saturated rings. The van der Waals surface area contributed by atoms with Crippen LogP contribution in [0.25, 0.3) is 0 Å². The van der Waals surface area contributed by atoms with Crippen molar-refractivity contribution in [1.29, 1.82) is 0 Å². The highest BCUT2D eigenvalue weighted by atomic mass is 32.2. The SMILES string of the molecule is C=C[N+](Cc1ccccc1)=C(SC)C(=NC/C=N\N(CC)CO)C(=C)C. The smallest absolute Gasteiger partial charge is 0.265 e. The molecule has 0 aliphatic carbocycles. The summed E-state index contributed by atoms with van der Waals surface area (Å²) in [6.07, 6.45) is 5.53. The standard InChI is InChI=1S/C20H29N4OS/c1-6-23(15-18-11-9-8-10-12-18)20(26-5)19(17(3)4)21-13-14-22-24(7-2)16-25/h6,8-12,14,25H,1,3,7,13,15-16H2,2,4-5H3/q+1/b21-19?,22-14-,23-20?. The highest BCUT2D eigenvalue weighted by Gasteiger charge is 2.20. The van der Waals surface area contributed by atoms with Gasteiger partial charge >= 0.3 is 0 Å². The minimum atomic E-state index is -0.104. The fourth-order valence-electron chi connectivity index (χ4n) is 2.24. The number of allylic oxidation sites excluding steroid dienone is 1. The Morgan fingerprint density at radius 3 is 2.54 bits per heavy atom. The minimum Gasteiger partial charge on any atom is -0.375 e. The van der Waals surface area contributed by atoms with Gasteiger partial charge in [0, 0.05) is 18.3 Å². The number of aliphatic imine (C=N–C) groups is 1. The number of aliphatic hydroxyl groups is 1. The molecule has 0 saturated heterocycles. The van der Waals surface area contributed by atoms with Crippen molar-refractivity contribution in [3.8, 4) is 0 Å². The molecule has 26 heavy (non-hydrogen) atoms. The third-order valence-electron chi connectivity index (χ3n) is 3.58. The first-order valence-electron chi connectivity index (χ1n) is 8.50. The third-order valence-corrected chi connectivity index (χ3v) is 4.40. The van der Waals surface area contributed by atoms with Crippen LogP contribution in [0.2, 0.25) is 0 Å². The number of hydrogen-bond acceptors (Lipinski definition) is 5. The number of hydrogen-bond donors (Lipinski definition) is 1. The number of rotatable bonds is 10. The lowest BCUT2D eigenvalue weighted by molar-refractivity contribution is -0.469. The maximum Gasteiger partial charge on any atom is 0.265 e. The molecule has 1 aromatic carbocycles. The molecule has 0 radical (unpaired) electrons. The Bertz CT molecular complexity index is 676. The van der Waals surface area contributed by atoms with E-state index in [2.05, 4.69) is 40.0 Å². The molecule has 140 valence electrons. The van der Waals surface area contributed by atoms with Crippen LogP contribution in [0.5, 0.6) is 0 Å². The summed E-state index contributed by atoms with van der Waals surface area (Å²) in [5.74, 6) is 0. The quantitative estimate of drug-likeness (QED) is 0.225. The Morgan fingerprint density at radius 2 is 2.04 bits per heavy atom. The van der Waals surface area contributed by atoms with Crippen molar-refractivity contribution in [2.45, 2.75) is 20.4 Å². The molecule has 0 aromatic heterocycles. The molecule has 0 aliphatic rings. The second kappa shape index (κ2) is 12.2. The molecule has 1 rings (SSSR count). The lowest BCUT2D eigenvalue weighted by Crippen LogP contribution is -2.23. The van der Waals surface area contributed by atoms with Crippen LogP contribution in [0, 0.1) is 0 Å². The van der Waals surface area contributed by atoms with Crippen LogP contribution >= 0.6 is 11.8 Å². The highest BCUT2D eigenvalue weighted by molar-refractivity contribution is 8.15. The monoisotopic (exact) mass is 373 g/mol. The average Bonchev–Trinajstić information content (AvgIpc) is 2.66. The molecular weight excluding hydrogens is 344 g/mol. The normalized spacial score (nSPS) is 12.8. The van der Waals surface area contributed by atoms with Gasteiger partial charge in [0.15, 0.2) is 12.7 Å². The molecule has 0 heterocycles. The lowest BCUT2D eigenvalue weighted by atomic mass is 10.2. The number of thioether (sulfide) groups is 1. The van der Waals surface area contributed by atoms with Crippen molar-refractivity contribution < 1.29 is 9.68 Å². The predicted molar refractivity (Wildman–Crippen MR) is 114 cm³/mol. The van der Waals surface area contributed by atoms with Gasteiger partial charge in [0.05, 0.1) is 6.54 Å². The zero-order valence-corrected chi connectivity index (χ0v) is 16.7. The highest BCUT2D eigenvalue weighted by Crippen LogP contribution is 2.11. The van der Waals surface area contributed by atoms with Gasteiger partial charge in [0.2, 0.25) is 0 Å². The van der Waals surface area contributed by atoms with E-state index in [1.165, 1.54) is 5.56 Å². The van der Waals surface area contributed by atoms with Crippen molar-refractivity contribution >= 4 is 28.7 Å². The molecular formula is C20H29N4OS+. The van der Waals surface area contributed by atoms with E-state index in [9.17, 15) is 0 Å². The topological polar surface area (TPSA) is 51.2 Å². The largest absolute Gasteiger partial charge is 0.375 e. The van der Waals surface area contributed by atoms with Crippen molar-refractivity contribution in [1.82, 2.24) is 5.01 Å². The molecule has 1 N–H and O–H groups in total. The lowest BCUT2D eigenvalue weighted by Gasteiger charge is -2.11. The number of benzene rings is 1. The van der Waals surface area contributed by atoms with Gasteiger partial charge in [-0.25, -0.2) is 0 Å². The number of hydrazone groups is 1. The Kier molecular flexibility index (Phi) is 10.3. The van der Waals surface area contributed by atoms with Crippen LogP contribution in [0.3, 0.4) is 0 Å². The second-order valence-electron chi connectivity index (χ2n) is 5.54. The fraction of sp³-hybridized carbons (Fsp3) is 0.350. The van der Waals surface area contributed by atoms with Gasteiger partial charge in [-0.2, -0.15) is 9.68 Å². The van der Waals surface area contributed by atoms with Gasteiger partial charge in [0.1, 0.15) is 12.4 Å². The summed E-state index contributed by atoms with van der Waals surface area (Å²) in [5, 5.41) is 15.9. The van der Waals surface area contributed by atoms with Crippen LogP contribution in [0.4, 0.5) is 0 Å². The van der Waals surface area contributed by atoms with E-state index in [0.29, 0.717) is 13.1 Å². The summed E-state index contributed by atoms with van der Waals surface area (Å²) >= 11 is 1.62. The maximum absolute atomic E-state index is 9.13. The van der Waals surface area contributed by atoms with Gasteiger partial charge in [-0.1, -0.05) is 48.7 Å². The fourth-order valence-corrected chi connectivity index (χ4v) is 3.04. The van der Waals surface area contributed by atoms with E-state index >= 15 is 0 Å². The van der Waals surface area contributed by atoms with Gasteiger partial charge in [0.25, 0.3) is 5.04 Å². The Morgan fingerprint density at radius 1 is 1.35 bits per heavy atom. The summed E-state index contributed by atoms with van der Waals surface area (Å²) in [4.78, 5) is 4.66. The van der Waals surface area contributed by atoms with E-state index in [-0.39, 0.29) is 6.73 Å². The molecule has 1 aromatic rings. The minimum absolute atomic E-state index is 0.104. The van der Waals surface area contributed by atoms with Crippen molar-refractivity contribution in [2.75, 3.05) is 26.1 Å². The third kappa shape index (κ3) is 6.98. The summed E-state index contributed by atoms with van der Waals surface area (Å²) in [7, 11) is 0. The molecule has 0 atom stereocenters. The summed E-state index contributed by atoms with van der Waals surface area (Å²) in [5.41, 5.74) is 2.92. The maximum atomic E-state index is 9.13. The average molecular weight is 374 g/mol. The molecule has 0 amide bonds. The van der Waals surface area contributed by atoms with Gasteiger partial charge < -0.3 is 5.11 Å². The van der Waals surface area contributed by atoms with Crippen LogP contribution in [0.15, 0.2) is 65.4 Å². The van der Waals surface area contributed by atoms with Crippen LogP contribution in [-0.4, -0.2) is 57.7 Å². The van der Waals surface area contributed by atoms with E-state index in [1.807, 2.05) is 44.5 Å². The van der Waals surface area contributed by atoms with E-state index in [0.717, 1.165) is 22.9 Å². The Hall–Kier alpha value is -2.18. The summed E-state index contributed by atoms with van der Waals surface area (Å²) < 4.78 is 2.08. The van der Waals surface area contributed by atoms with Gasteiger partial charge in [-0.3, -0.25) is 10.0 Å². The molecule has 0 bridgehead atoms. The first-order valence-corrected chi connectivity index (χ1v) is 9.72. The molecule has 5 nitrogen and oxygen atoms in total. The Balaban J connectivity index is 3.10. The van der Waals surface area contributed by atoms with Crippen LogP contribution in [-0.2, 0) is 6.54 Å². The van der Waals surface area contributed by atoms with E-state index < -0.39 is 0 Å². The van der Waals surface area contributed by atoms with Gasteiger partial charge in [-0.05, 0) is 32.3 Å². The summed E-state index contributed by atoms with van der Waals surface area (Å²) in [6, 6.07) is 10.2. The molecule has 0 spiro atoms. The van der Waals surface area contributed by atoms with Crippen molar-refractivity contribution in [3.05, 3.63) is 60.8 Å². The first-order chi connectivity index (χ1) is 12.6. The van der Waals surface area contributed by atoms with E-state index in [1.54, 1.807) is 23.0 Å². The van der Waals surface area contributed by atoms with Crippen molar-refractivity contribution in [3.63, 3.8) is 0 Å². The van der Waals surface area contributed by atoms with Crippen LogP contribution < -0.4 is 0 Å². The van der Waals surface area contributed by atoms with Gasteiger partial charge in [-0.15, -0.1) is 0 Å². The molecule has 0 aliphatic heterocycles. The summed E-state index contributed by atoms with van der Waals surface area (Å²) in [6.45, 7) is 13.6. The zero-order chi connectivity index (χ0) is 19.4. The zero-order valence-electron chi connectivity index (χ0n) is 15.9.